The smallest absolute Gasteiger partial charge is 0.328 e. The van der Waals surface area contributed by atoms with E-state index in [4.69, 9.17) is 19.3 Å². The molecule has 0 radical (unpaired) electrons. The molecule has 0 aliphatic heterocycles. The lowest BCUT2D eigenvalue weighted by Gasteiger charge is -2.07. The maximum atomic E-state index is 10.4. The third-order valence-electron chi connectivity index (χ3n) is 2.35. The summed E-state index contributed by atoms with van der Waals surface area (Å²) in [5, 5.41) is 8.56. The minimum Gasteiger partial charge on any atom is -0.491 e. The van der Waals surface area contributed by atoms with E-state index >= 15 is 0 Å². The van der Waals surface area contributed by atoms with E-state index in [1.54, 1.807) is 6.07 Å². The lowest BCUT2D eigenvalue weighted by Crippen LogP contribution is -2.10. The normalized spacial score (nSPS) is 10.8. The Bertz CT molecular complexity index is 428. The first-order chi connectivity index (χ1) is 9.72. The molecule has 0 aliphatic rings. The van der Waals surface area contributed by atoms with Gasteiger partial charge in [-0.05, 0) is 30.7 Å². The van der Waals surface area contributed by atoms with Crippen molar-refractivity contribution in [3.05, 3.63) is 35.9 Å². The molecule has 5 heteroatoms. The van der Waals surface area contributed by atoms with Crippen molar-refractivity contribution in [2.45, 2.75) is 6.92 Å². The molecule has 0 atom stereocenters. The number of rotatable bonds is 10. The highest BCUT2D eigenvalue weighted by Crippen LogP contribution is 2.14. The number of aliphatic carboxylic acids is 1. The molecule has 0 unspecified atom stereocenters. The lowest BCUT2D eigenvalue weighted by atomic mass is 10.2. The Morgan fingerprint density at radius 3 is 2.70 bits per heavy atom. The quantitative estimate of drug-likeness (QED) is 0.526. The summed E-state index contributed by atoms with van der Waals surface area (Å²) in [6.45, 7) is 4.70. The number of carbonyl (C=O) groups is 1. The molecule has 1 aromatic carbocycles. The van der Waals surface area contributed by atoms with Crippen molar-refractivity contribution < 1.29 is 24.1 Å². The molecule has 1 rings (SSSR count). The van der Waals surface area contributed by atoms with Gasteiger partial charge in [0.15, 0.2) is 0 Å². The maximum Gasteiger partial charge on any atom is 0.328 e. The van der Waals surface area contributed by atoms with Gasteiger partial charge in [0.25, 0.3) is 0 Å². The highest BCUT2D eigenvalue weighted by Gasteiger charge is 1.96. The Kier molecular flexibility index (Phi) is 8.10. The third kappa shape index (κ3) is 7.56. The summed E-state index contributed by atoms with van der Waals surface area (Å²) in [7, 11) is 0. The summed E-state index contributed by atoms with van der Waals surface area (Å²) in [5.41, 5.74) is 0.780. The molecule has 20 heavy (non-hydrogen) atoms. The highest BCUT2D eigenvalue weighted by atomic mass is 16.5. The molecule has 0 spiro atoms. The zero-order valence-electron chi connectivity index (χ0n) is 11.6. The van der Waals surface area contributed by atoms with E-state index in [1.165, 1.54) is 6.08 Å². The van der Waals surface area contributed by atoms with Crippen LogP contribution in [0.1, 0.15) is 12.5 Å². The van der Waals surface area contributed by atoms with E-state index in [-0.39, 0.29) is 0 Å². The topological polar surface area (TPSA) is 65.0 Å². The first-order valence-electron chi connectivity index (χ1n) is 6.51. The van der Waals surface area contributed by atoms with E-state index in [9.17, 15) is 4.79 Å². The van der Waals surface area contributed by atoms with Gasteiger partial charge in [0, 0.05) is 12.7 Å². The second-order valence-electron chi connectivity index (χ2n) is 3.90. The maximum absolute atomic E-state index is 10.4. The molecule has 110 valence electrons. The molecule has 0 saturated heterocycles. The van der Waals surface area contributed by atoms with Gasteiger partial charge in [-0.2, -0.15) is 0 Å². The van der Waals surface area contributed by atoms with Crippen LogP contribution >= 0.6 is 0 Å². The summed E-state index contributed by atoms with van der Waals surface area (Å²) in [4.78, 5) is 10.4. The van der Waals surface area contributed by atoms with Crippen LogP contribution in [-0.4, -0.2) is 44.1 Å². The lowest BCUT2D eigenvalue weighted by molar-refractivity contribution is -0.131. The average Bonchev–Trinajstić information content (AvgIpc) is 2.45. The second-order valence-corrected chi connectivity index (χ2v) is 3.90. The Hall–Kier alpha value is -1.85. The first-order valence-corrected chi connectivity index (χ1v) is 6.51. The van der Waals surface area contributed by atoms with Crippen LogP contribution in [-0.2, 0) is 14.3 Å². The van der Waals surface area contributed by atoms with E-state index in [0.29, 0.717) is 38.8 Å². The van der Waals surface area contributed by atoms with Crippen LogP contribution < -0.4 is 4.74 Å². The van der Waals surface area contributed by atoms with Crippen LogP contribution in [0.4, 0.5) is 0 Å². The van der Waals surface area contributed by atoms with Gasteiger partial charge in [0.1, 0.15) is 12.4 Å². The predicted molar refractivity (Wildman–Crippen MR) is 75.9 cm³/mol. The summed E-state index contributed by atoms with van der Waals surface area (Å²) in [6.07, 6.45) is 2.61. The first kappa shape index (κ1) is 16.2. The number of benzene rings is 1. The van der Waals surface area contributed by atoms with Gasteiger partial charge in [-0.25, -0.2) is 4.79 Å². The van der Waals surface area contributed by atoms with Gasteiger partial charge in [-0.15, -0.1) is 0 Å². The van der Waals surface area contributed by atoms with Crippen molar-refractivity contribution in [2.75, 3.05) is 33.0 Å². The molecule has 0 saturated carbocycles. The van der Waals surface area contributed by atoms with Crippen LogP contribution in [0.2, 0.25) is 0 Å². The largest absolute Gasteiger partial charge is 0.491 e. The number of carboxylic acids is 1. The standard InChI is InChI=1S/C15H20O5/c1-2-18-8-9-19-10-11-20-14-5-3-4-13(12-14)6-7-15(16)17/h3-7,12H,2,8-11H2,1H3,(H,16,17). The van der Waals surface area contributed by atoms with Crippen LogP contribution in [0.5, 0.6) is 5.75 Å². The molecule has 0 heterocycles. The summed E-state index contributed by atoms with van der Waals surface area (Å²) in [6, 6.07) is 7.22. The minimum absolute atomic E-state index is 0.443. The van der Waals surface area contributed by atoms with E-state index in [2.05, 4.69) is 0 Å². The van der Waals surface area contributed by atoms with Gasteiger partial charge in [0.05, 0.1) is 19.8 Å². The molecule has 5 nitrogen and oxygen atoms in total. The van der Waals surface area contributed by atoms with Gasteiger partial charge in [-0.3, -0.25) is 0 Å². The molecule has 0 fully saturated rings. The van der Waals surface area contributed by atoms with Gasteiger partial charge >= 0.3 is 5.97 Å². The molecule has 0 bridgehead atoms. The Morgan fingerprint density at radius 1 is 1.20 bits per heavy atom. The molecule has 0 aromatic heterocycles. The number of hydrogen-bond donors (Lipinski definition) is 1. The summed E-state index contributed by atoms with van der Waals surface area (Å²) in [5.74, 6) is -0.287. The number of ether oxygens (including phenoxy) is 3. The molecule has 1 N–H and O–H groups in total. The average molecular weight is 280 g/mol. The van der Waals surface area contributed by atoms with Gasteiger partial charge in [0.2, 0.25) is 0 Å². The fraction of sp³-hybridized carbons (Fsp3) is 0.400. The Labute approximate surface area is 118 Å². The van der Waals surface area contributed by atoms with E-state index in [0.717, 1.165) is 11.6 Å². The van der Waals surface area contributed by atoms with E-state index < -0.39 is 5.97 Å². The Morgan fingerprint density at radius 2 is 1.95 bits per heavy atom. The summed E-state index contributed by atoms with van der Waals surface area (Å²) >= 11 is 0. The van der Waals surface area contributed by atoms with Crippen molar-refractivity contribution in [2.24, 2.45) is 0 Å². The third-order valence-corrected chi connectivity index (χ3v) is 2.35. The van der Waals surface area contributed by atoms with Gasteiger partial charge in [-0.1, -0.05) is 12.1 Å². The van der Waals surface area contributed by atoms with Gasteiger partial charge < -0.3 is 19.3 Å². The Balaban J connectivity index is 2.26. The molecule has 1 aromatic rings. The van der Waals surface area contributed by atoms with Crippen LogP contribution in [0.15, 0.2) is 30.3 Å². The van der Waals surface area contributed by atoms with E-state index in [1.807, 2.05) is 25.1 Å². The predicted octanol–water partition coefficient (Wildman–Crippen LogP) is 2.22. The van der Waals surface area contributed by atoms with Crippen LogP contribution in [0.3, 0.4) is 0 Å². The fourth-order valence-electron chi connectivity index (χ4n) is 1.46. The van der Waals surface area contributed by atoms with Crippen molar-refractivity contribution >= 4 is 12.0 Å². The van der Waals surface area contributed by atoms with Crippen molar-refractivity contribution in [1.82, 2.24) is 0 Å². The van der Waals surface area contributed by atoms with Crippen LogP contribution in [0.25, 0.3) is 6.08 Å². The van der Waals surface area contributed by atoms with Crippen molar-refractivity contribution in [1.29, 1.82) is 0 Å². The highest BCUT2D eigenvalue weighted by molar-refractivity contribution is 5.85. The zero-order chi connectivity index (χ0) is 14.6. The number of hydrogen-bond acceptors (Lipinski definition) is 4. The molecular weight excluding hydrogens is 260 g/mol. The zero-order valence-corrected chi connectivity index (χ0v) is 11.6. The fourth-order valence-corrected chi connectivity index (χ4v) is 1.46. The number of carboxylic acid groups (broad SMARTS) is 1. The molecule has 0 amide bonds. The SMILES string of the molecule is CCOCCOCCOc1cccc(C=CC(=O)O)c1. The van der Waals surface area contributed by atoms with Crippen molar-refractivity contribution in [3.8, 4) is 5.75 Å². The molecular formula is C15H20O5. The molecule has 0 aliphatic carbocycles. The monoisotopic (exact) mass is 280 g/mol. The minimum atomic E-state index is -0.973. The second kappa shape index (κ2) is 10.00. The summed E-state index contributed by atoms with van der Waals surface area (Å²) < 4.78 is 16.0. The van der Waals surface area contributed by atoms with Crippen molar-refractivity contribution in [3.63, 3.8) is 0 Å². The van der Waals surface area contributed by atoms with Crippen LogP contribution in [0, 0.1) is 0 Å².